The number of hydrogen-bond donors (Lipinski definition) is 8. The molecule has 23 heteroatoms. The molecule has 22 nitrogen and oxygen atoms in total. The monoisotopic (exact) mass is 1150 g/mol. The molecule has 1 aromatic heterocycles. The second-order valence-corrected chi connectivity index (χ2v) is 23.3. The highest BCUT2D eigenvalue weighted by atomic mass is 31.2. The number of primary amides is 1. The molecule has 0 spiro atoms. The number of H-pyrrole nitrogens is 1. The Bertz CT molecular complexity index is 3540. The maximum Gasteiger partial charge on any atom is 0.396 e. The zero-order chi connectivity index (χ0) is 59.3. The summed E-state index contributed by atoms with van der Waals surface area (Å²) in [5.74, 6) is 1.44. The topological polar surface area (TPSA) is 328 Å². The van der Waals surface area contributed by atoms with Gasteiger partial charge in [-0.3, -0.25) is 62.7 Å². The molecule has 5 atom stereocenters. The van der Waals surface area contributed by atoms with Crippen LogP contribution in [0.5, 0.6) is 0 Å². The van der Waals surface area contributed by atoms with Gasteiger partial charge >= 0.3 is 7.60 Å². The van der Waals surface area contributed by atoms with Crippen molar-refractivity contribution in [3.8, 4) is 11.8 Å². The Balaban J connectivity index is 0.857. The minimum absolute atomic E-state index is 0.0194. The van der Waals surface area contributed by atoms with E-state index in [0.717, 1.165) is 12.0 Å². The van der Waals surface area contributed by atoms with Gasteiger partial charge in [0.25, 0.3) is 17.3 Å². The molecule has 4 aliphatic rings. The number of carbonyl (C=O) groups excluding carboxylic acids is 10. The number of piperidine rings is 2. The molecule has 5 aromatic rings. The molecule has 9 amide bonds. The summed E-state index contributed by atoms with van der Waals surface area (Å²) in [5, 5.41) is 11.0. The number of imide groups is 1. The number of aromatic nitrogens is 1. The van der Waals surface area contributed by atoms with Crippen LogP contribution in [-0.4, -0.2) is 121 Å². The number of likely N-dealkylation sites (tertiary alicyclic amines) is 1. The van der Waals surface area contributed by atoms with Crippen molar-refractivity contribution < 1.29 is 62.3 Å². The zero-order valence-electron chi connectivity index (χ0n) is 45.7. The minimum Gasteiger partial charge on any atom is -0.370 e. The third-order valence-corrected chi connectivity index (χ3v) is 16.4. The van der Waals surface area contributed by atoms with Crippen LogP contribution in [-0.2, 0) is 51.1 Å². The molecule has 0 bridgehead atoms. The number of fused-ring (bicyclic) bond motifs is 3. The summed E-state index contributed by atoms with van der Waals surface area (Å²) in [7, 11) is -5.09. The second-order valence-electron chi connectivity index (χ2n) is 21.8. The first kappa shape index (κ1) is 58.9. The quantitative estimate of drug-likeness (QED) is 0.0329. The number of hydrogen-bond acceptors (Lipinski definition) is 11. The van der Waals surface area contributed by atoms with Crippen LogP contribution in [0.2, 0.25) is 0 Å². The van der Waals surface area contributed by atoms with Gasteiger partial charge in [0.2, 0.25) is 41.4 Å². The predicted octanol–water partition coefficient (Wildman–Crippen LogP) is 4.03. The molecule has 0 saturated carbocycles. The van der Waals surface area contributed by atoms with E-state index >= 15 is 0 Å². The van der Waals surface area contributed by atoms with Gasteiger partial charge in [-0.2, -0.15) is 0 Å². The van der Waals surface area contributed by atoms with Crippen LogP contribution in [0.3, 0.4) is 0 Å². The van der Waals surface area contributed by atoms with Crippen molar-refractivity contribution in [3.63, 3.8) is 0 Å². The normalized spacial score (nSPS) is 18.1. The highest BCUT2D eigenvalue weighted by Crippen LogP contribution is 2.40. The van der Waals surface area contributed by atoms with Gasteiger partial charge in [-0.15, -0.1) is 0 Å². The Morgan fingerprint density at radius 2 is 1.57 bits per heavy atom. The van der Waals surface area contributed by atoms with E-state index in [9.17, 15) is 62.3 Å². The van der Waals surface area contributed by atoms with Crippen LogP contribution in [0.15, 0.2) is 97.1 Å². The molecular weight excluding hydrogens is 1090 g/mol. The van der Waals surface area contributed by atoms with E-state index in [0.29, 0.717) is 71.2 Å². The van der Waals surface area contributed by atoms with Gasteiger partial charge in [0.15, 0.2) is 0 Å². The minimum atomic E-state index is -5.09. The molecule has 2 saturated heterocycles. The number of rotatable bonds is 19. The number of nitrogens with one attached hydrogen (secondary N) is 5. The third-order valence-electron chi connectivity index (χ3n) is 15.6. The summed E-state index contributed by atoms with van der Waals surface area (Å²) in [5.41, 5.74) is 7.72. The lowest BCUT2D eigenvalue weighted by atomic mass is 9.91. The summed E-state index contributed by atoms with van der Waals surface area (Å²) in [6.07, 6.45) is 2.62. The van der Waals surface area contributed by atoms with Crippen LogP contribution < -0.4 is 31.9 Å². The van der Waals surface area contributed by atoms with Gasteiger partial charge in [-0.05, 0) is 110 Å². The highest BCUT2D eigenvalue weighted by Gasteiger charge is 2.44. The number of nitrogens with two attached hydrogens (primary N) is 1. The van der Waals surface area contributed by atoms with Gasteiger partial charge in [0, 0.05) is 78.6 Å². The Labute approximate surface area is 477 Å². The lowest BCUT2D eigenvalue weighted by Gasteiger charge is -2.35. The van der Waals surface area contributed by atoms with Crippen LogP contribution in [0.1, 0.15) is 131 Å². The van der Waals surface area contributed by atoms with Gasteiger partial charge < -0.3 is 46.3 Å². The fourth-order valence-electron chi connectivity index (χ4n) is 11.3. The standard InChI is InChI=1S/C60H64N9O13P/c1-34(2)29-46(64-54(73)45-31-40-30-39(19-20-43(40)62-45)60(79)83(80,81)82)58(77)69-47-18-9-8-15-38(47)32-49(69)56(75)63-44(21-23-50(61)70)53(72)66-52(37-13-4-3-5-14-37)59(78)67-27-25-35(26-28-67)11-6-7-12-36-16-10-17-41-42(36)33-68(57(41)76)48-22-24-51(71)65-55(48)74/h3-5,8-10,13-20,30-31,34-35,44,46,48-49,52,62H,6,11,21-29,32-33H2,1-2H3,(H2,61,70)(H,63,75)(H,64,73)(H,66,72)(H,65,71,74)(H2,80,81,82)/t44-,46-,48?,49-,52-/m0/s1. The van der Waals surface area contributed by atoms with E-state index in [1.54, 1.807) is 71.6 Å². The van der Waals surface area contributed by atoms with E-state index in [-0.39, 0.29) is 85.9 Å². The average molecular weight is 1150 g/mol. The molecule has 0 aliphatic carbocycles. The van der Waals surface area contributed by atoms with Crippen molar-refractivity contribution in [1.29, 1.82) is 0 Å². The van der Waals surface area contributed by atoms with E-state index in [4.69, 9.17) is 5.73 Å². The molecule has 83 heavy (non-hydrogen) atoms. The summed E-state index contributed by atoms with van der Waals surface area (Å²) in [6.45, 7) is 4.69. The van der Waals surface area contributed by atoms with E-state index in [1.165, 1.54) is 34.1 Å². The molecule has 432 valence electrons. The first-order valence-corrected chi connectivity index (χ1v) is 29.2. The molecule has 2 fully saturated rings. The first-order chi connectivity index (χ1) is 39.6. The molecule has 9 rings (SSSR count). The smallest absolute Gasteiger partial charge is 0.370 e. The summed E-state index contributed by atoms with van der Waals surface area (Å²) in [4.78, 5) is 161. The Morgan fingerprint density at radius 3 is 2.28 bits per heavy atom. The van der Waals surface area contributed by atoms with Gasteiger partial charge in [-0.25, -0.2) is 0 Å². The molecule has 9 N–H and O–H groups in total. The van der Waals surface area contributed by atoms with Crippen molar-refractivity contribution in [2.45, 2.75) is 115 Å². The molecule has 0 radical (unpaired) electrons. The van der Waals surface area contributed by atoms with Gasteiger partial charge in [0.05, 0.1) is 0 Å². The Morgan fingerprint density at radius 1 is 0.831 bits per heavy atom. The Hall–Kier alpha value is -8.77. The lowest BCUT2D eigenvalue weighted by molar-refractivity contribution is -0.139. The van der Waals surface area contributed by atoms with Crippen molar-refractivity contribution in [3.05, 3.63) is 136 Å². The van der Waals surface area contributed by atoms with E-state index in [2.05, 4.69) is 38.1 Å². The zero-order valence-corrected chi connectivity index (χ0v) is 46.6. The number of benzene rings is 4. The van der Waals surface area contributed by atoms with Crippen LogP contribution in [0.4, 0.5) is 5.69 Å². The predicted molar refractivity (Wildman–Crippen MR) is 302 cm³/mol. The molecule has 4 aromatic carbocycles. The number of para-hydroxylation sites is 1. The van der Waals surface area contributed by atoms with Crippen molar-refractivity contribution in [2.75, 3.05) is 18.0 Å². The fraction of sp³-hybridized carbons (Fsp3) is 0.367. The summed E-state index contributed by atoms with van der Waals surface area (Å²) >= 11 is 0. The van der Waals surface area contributed by atoms with E-state index in [1.807, 2.05) is 19.9 Å². The summed E-state index contributed by atoms with van der Waals surface area (Å²) in [6, 6.07) is 20.2. The molecule has 4 aliphatic heterocycles. The van der Waals surface area contributed by atoms with Crippen molar-refractivity contribution in [2.24, 2.45) is 17.6 Å². The average Bonchev–Trinajstić information content (AvgIpc) is 3.41. The highest BCUT2D eigenvalue weighted by molar-refractivity contribution is 7.70. The molecule has 5 heterocycles. The number of amides is 9. The number of carbonyl (C=O) groups is 10. The van der Waals surface area contributed by atoms with Gasteiger partial charge in [-0.1, -0.05) is 80.3 Å². The molecular formula is C60H64N9O13P. The van der Waals surface area contributed by atoms with Crippen LogP contribution >= 0.6 is 7.60 Å². The van der Waals surface area contributed by atoms with Crippen LogP contribution in [0.25, 0.3) is 10.9 Å². The number of anilines is 1. The third kappa shape index (κ3) is 13.4. The first-order valence-electron chi connectivity index (χ1n) is 27.6. The maximum absolute atomic E-state index is 14.9. The Kier molecular flexibility index (Phi) is 17.8. The number of aromatic amines is 1. The molecule has 1 unspecified atom stereocenters. The van der Waals surface area contributed by atoms with Gasteiger partial charge in [0.1, 0.15) is 35.9 Å². The van der Waals surface area contributed by atoms with E-state index < -0.39 is 78.8 Å². The number of nitrogens with zero attached hydrogens (tertiary/aromatic N) is 3. The summed E-state index contributed by atoms with van der Waals surface area (Å²) < 4.78 is 11.7. The SMILES string of the molecule is CC(C)C[C@H](NC(=O)c1cc2cc(C(=O)P(=O)(O)O)ccc2[nH]1)C(=O)N1c2ccccc2C[C@H]1C(=O)N[C@@H](CCC(N)=O)C(=O)N[C@H](C(=O)N1CCC(CCC#Cc2cccc3c2CN(C2CCC(=O)NC2=O)C3=O)CC1)c1ccccc1. The second kappa shape index (κ2) is 25.2. The largest absolute Gasteiger partial charge is 0.396 e. The lowest BCUT2D eigenvalue weighted by Crippen LogP contribution is -2.58. The maximum atomic E-state index is 14.9. The van der Waals surface area contributed by atoms with Crippen molar-refractivity contribution in [1.82, 2.24) is 36.1 Å². The van der Waals surface area contributed by atoms with Crippen LogP contribution in [0, 0.1) is 23.7 Å². The fourth-order valence-corrected chi connectivity index (χ4v) is 11.8. The van der Waals surface area contributed by atoms with Crippen molar-refractivity contribution >= 4 is 82.9 Å².